The van der Waals surface area contributed by atoms with Crippen molar-refractivity contribution >= 4 is 21.4 Å². The van der Waals surface area contributed by atoms with Gasteiger partial charge >= 0.3 is 0 Å². The predicted molar refractivity (Wildman–Crippen MR) is 83.6 cm³/mol. The molecular formula is C17H16FNS. The minimum absolute atomic E-state index is 0.00908. The van der Waals surface area contributed by atoms with E-state index in [4.69, 9.17) is 5.73 Å². The fraction of sp³-hybridized carbons (Fsp3) is 0.176. The van der Waals surface area contributed by atoms with Gasteiger partial charge in [-0.2, -0.15) is 0 Å². The van der Waals surface area contributed by atoms with Crippen molar-refractivity contribution < 1.29 is 4.39 Å². The molecule has 2 N–H and O–H groups in total. The van der Waals surface area contributed by atoms with Crippen molar-refractivity contribution in [1.82, 2.24) is 0 Å². The Labute approximate surface area is 121 Å². The van der Waals surface area contributed by atoms with Crippen LogP contribution in [0.15, 0.2) is 53.9 Å². The minimum Gasteiger partial charge on any atom is -0.327 e. The lowest BCUT2D eigenvalue weighted by atomic mass is 9.99. The van der Waals surface area contributed by atoms with Gasteiger partial charge in [-0.25, -0.2) is 4.39 Å². The molecule has 0 aliphatic rings. The average molecular weight is 285 g/mol. The highest BCUT2D eigenvalue weighted by atomic mass is 32.1. The number of thiophene rings is 1. The van der Waals surface area contributed by atoms with Crippen molar-refractivity contribution in [3.8, 4) is 0 Å². The molecule has 2 aromatic carbocycles. The average Bonchev–Trinajstić information content (AvgIpc) is 2.82. The van der Waals surface area contributed by atoms with E-state index in [-0.39, 0.29) is 11.9 Å². The first-order valence-electron chi connectivity index (χ1n) is 6.67. The van der Waals surface area contributed by atoms with E-state index in [1.54, 1.807) is 23.5 Å². The summed E-state index contributed by atoms with van der Waals surface area (Å²) in [7, 11) is 0. The minimum atomic E-state index is -0.198. The molecule has 0 saturated carbocycles. The lowest BCUT2D eigenvalue weighted by molar-refractivity contribution is 0.618. The third-order valence-electron chi connectivity index (χ3n) is 3.43. The summed E-state index contributed by atoms with van der Waals surface area (Å²) >= 11 is 1.75. The number of rotatable bonds is 4. The topological polar surface area (TPSA) is 26.0 Å². The summed E-state index contributed by atoms with van der Waals surface area (Å²) in [4.78, 5) is 0. The summed E-state index contributed by atoms with van der Waals surface area (Å²) in [5.41, 5.74) is 8.46. The van der Waals surface area contributed by atoms with Crippen molar-refractivity contribution in [1.29, 1.82) is 0 Å². The van der Waals surface area contributed by atoms with E-state index < -0.39 is 0 Å². The van der Waals surface area contributed by atoms with Crippen molar-refractivity contribution in [3.63, 3.8) is 0 Å². The number of benzene rings is 2. The summed E-state index contributed by atoms with van der Waals surface area (Å²) in [5.74, 6) is -0.198. The molecule has 1 unspecified atom stereocenters. The van der Waals surface area contributed by atoms with Gasteiger partial charge in [0.15, 0.2) is 0 Å². The van der Waals surface area contributed by atoms with Crippen LogP contribution in [-0.4, -0.2) is 6.04 Å². The Morgan fingerprint density at radius 3 is 2.75 bits per heavy atom. The highest BCUT2D eigenvalue weighted by molar-refractivity contribution is 7.17. The second-order valence-corrected chi connectivity index (χ2v) is 5.97. The third-order valence-corrected chi connectivity index (χ3v) is 4.44. The van der Waals surface area contributed by atoms with E-state index in [1.165, 1.54) is 21.7 Å². The number of hydrogen-bond acceptors (Lipinski definition) is 2. The van der Waals surface area contributed by atoms with Gasteiger partial charge in [-0.15, -0.1) is 11.3 Å². The number of fused-ring (bicyclic) bond motifs is 1. The van der Waals surface area contributed by atoms with Crippen LogP contribution in [-0.2, 0) is 12.8 Å². The fourth-order valence-electron chi connectivity index (χ4n) is 2.51. The molecule has 102 valence electrons. The van der Waals surface area contributed by atoms with Gasteiger partial charge in [0.25, 0.3) is 0 Å². The van der Waals surface area contributed by atoms with Crippen LogP contribution < -0.4 is 5.73 Å². The smallest absolute Gasteiger partial charge is 0.123 e. The molecule has 3 rings (SSSR count). The zero-order chi connectivity index (χ0) is 13.9. The van der Waals surface area contributed by atoms with Crippen LogP contribution in [0.2, 0.25) is 0 Å². The maximum atomic E-state index is 13.2. The van der Waals surface area contributed by atoms with E-state index in [1.807, 2.05) is 6.07 Å². The van der Waals surface area contributed by atoms with Crippen molar-refractivity contribution in [2.24, 2.45) is 5.73 Å². The van der Waals surface area contributed by atoms with E-state index in [2.05, 4.69) is 29.6 Å². The fourth-order valence-corrected chi connectivity index (χ4v) is 3.49. The van der Waals surface area contributed by atoms with Gasteiger partial charge in [0.05, 0.1) is 0 Å². The summed E-state index contributed by atoms with van der Waals surface area (Å²) in [6, 6.07) is 15.1. The summed E-state index contributed by atoms with van der Waals surface area (Å²) in [6.07, 6.45) is 1.52. The highest BCUT2D eigenvalue weighted by Crippen LogP contribution is 2.26. The molecule has 0 aliphatic heterocycles. The van der Waals surface area contributed by atoms with E-state index in [0.717, 1.165) is 12.0 Å². The van der Waals surface area contributed by atoms with Gasteiger partial charge in [-0.3, -0.25) is 0 Å². The van der Waals surface area contributed by atoms with Crippen molar-refractivity contribution in [2.45, 2.75) is 18.9 Å². The van der Waals surface area contributed by atoms with Gasteiger partial charge in [-0.1, -0.05) is 30.3 Å². The van der Waals surface area contributed by atoms with Crippen LogP contribution in [0.3, 0.4) is 0 Å². The molecule has 0 saturated heterocycles. The quantitative estimate of drug-likeness (QED) is 0.765. The predicted octanol–water partition coefficient (Wildman–Crippen LogP) is 4.15. The monoisotopic (exact) mass is 285 g/mol. The molecule has 1 nitrogen and oxygen atoms in total. The van der Waals surface area contributed by atoms with Crippen LogP contribution >= 0.6 is 11.3 Å². The molecule has 0 amide bonds. The van der Waals surface area contributed by atoms with Crippen molar-refractivity contribution in [2.75, 3.05) is 0 Å². The van der Waals surface area contributed by atoms with Gasteiger partial charge in [0.2, 0.25) is 0 Å². The molecule has 0 fully saturated rings. The van der Waals surface area contributed by atoms with Gasteiger partial charge < -0.3 is 5.73 Å². The summed E-state index contributed by atoms with van der Waals surface area (Å²) in [6.45, 7) is 0. The first kappa shape index (κ1) is 13.3. The van der Waals surface area contributed by atoms with Crippen LogP contribution in [0.4, 0.5) is 4.39 Å². The standard InChI is InChI=1S/C17H16FNS/c18-14-5-3-4-12(8-14)9-15(19)10-13-11-20-17-7-2-1-6-16(13)17/h1-8,11,15H,9-10,19H2. The second kappa shape index (κ2) is 5.73. The summed E-state index contributed by atoms with van der Waals surface area (Å²) < 4.78 is 14.5. The zero-order valence-corrected chi connectivity index (χ0v) is 11.9. The lowest BCUT2D eigenvalue weighted by Gasteiger charge is -2.11. The van der Waals surface area contributed by atoms with E-state index >= 15 is 0 Å². The zero-order valence-electron chi connectivity index (χ0n) is 11.1. The Kier molecular flexibility index (Phi) is 3.81. The Balaban J connectivity index is 1.74. The maximum Gasteiger partial charge on any atom is 0.123 e. The Bertz CT molecular complexity index is 720. The van der Waals surface area contributed by atoms with Crippen LogP contribution in [0.5, 0.6) is 0 Å². The normalized spacial score (nSPS) is 12.7. The molecule has 3 aromatic rings. The molecule has 0 spiro atoms. The number of nitrogens with two attached hydrogens (primary N) is 1. The summed E-state index contributed by atoms with van der Waals surface area (Å²) in [5, 5.41) is 3.46. The van der Waals surface area contributed by atoms with Crippen LogP contribution in [0.1, 0.15) is 11.1 Å². The highest BCUT2D eigenvalue weighted by Gasteiger charge is 2.10. The molecule has 3 heteroatoms. The SMILES string of the molecule is NC(Cc1cccc(F)c1)Cc1csc2ccccc12. The lowest BCUT2D eigenvalue weighted by Crippen LogP contribution is -2.25. The maximum absolute atomic E-state index is 13.2. The first-order chi connectivity index (χ1) is 9.72. The molecule has 0 aliphatic carbocycles. The van der Waals surface area contributed by atoms with E-state index in [0.29, 0.717) is 6.42 Å². The molecular weight excluding hydrogens is 269 g/mol. The molecule has 1 atom stereocenters. The molecule has 20 heavy (non-hydrogen) atoms. The van der Waals surface area contributed by atoms with E-state index in [9.17, 15) is 4.39 Å². The number of halogens is 1. The Hall–Kier alpha value is -1.71. The molecule has 0 bridgehead atoms. The third kappa shape index (κ3) is 2.89. The van der Waals surface area contributed by atoms with Gasteiger partial charge in [0.1, 0.15) is 5.82 Å². The Morgan fingerprint density at radius 2 is 1.90 bits per heavy atom. The molecule has 1 heterocycles. The first-order valence-corrected chi connectivity index (χ1v) is 7.55. The largest absolute Gasteiger partial charge is 0.327 e. The molecule has 1 aromatic heterocycles. The van der Waals surface area contributed by atoms with Crippen LogP contribution in [0, 0.1) is 5.82 Å². The molecule has 0 radical (unpaired) electrons. The van der Waals surface area contributed by atoms with Gasteiger partial charge in [0, 0.05) is 10.7 Å². The Morgan fingerprint density at radius 1 is 1.05 bits per heavy atom. The second-order valence-electron chi connectivity index (χ2n) is 5.06. The van der Waals surface area contributed by atoms with Crippen LogP contribution in [0.25, 0.3) is 10.1 Å². The number of hydrogen-bond donors (Lipinski definition) is 1. The van der Waals surface area contributed by atoms with Crippen molar-refractivity contribution in [3.05, 3.63) is 70.9 Å². The van der Waals surface area contributed by atoms with Gasteiger partial charge in [-0.05, 0) is 52.9 Å².